The van der Waals surface area contributed by atoms with Crippen LogP contribution in [0, 0.1) is 11.6 Å². The van der Waals surface area contributed by atoms with Crippen molar-refractivity contribution in [2.45, 2.75) is 44.8 Å². The lowest BCUT2D eigenvalue weighted by molar-refractivity contribution is 0.0941. The van der Waals surface area contributed by atoms with Gasteiger partial charge in [-0.2, -0.15) is 0 Å². The van der Waals surface area contributed by atoms with Gasteiger partial charge in [-0.05, 0) is 50.4 Å². The smallest absolute Gasteiger partial charge is 0.128 e. The summed E-state index contributed by atoms with van der Waals surface area (Å²) in [5, 5.41) is 3.29. The predicted octanol–water partition coefficient (Wildman–Crippen LogP) is 3.57. The highest BCUT2D eigenvalue weighted by Gasteiger charge is 2.23. The maximum atomic E-state index is 13.9. The number of halogens is 2. The molecule has 2 nitrogen and oxygen atoms in total. The topological polar surface area (TPSA) is 21.3 Å². The van der Waals surface area contributed by atoms with Crippen LogP contribution in [0.1, 0.15) is 44.2 Å². The maximum absolute atomic E-state index is 13.9. The lowest BCUT2D eigenvalue weighted by Gasteiger charge is -2.22. The van der Waals surface area contributed by atoms with Crippen molar-refractivity contribution >= 4 is 0 Å². The summed E-state index contributed by atoms with van der Waals surface area (Å²) in [6, 6.07) is 3.46. The Bertz CT molecular complexity index is 405. The second kappa shape index (κ2) is 6.96. The van der Waals surface area contributed by atoms with Crippen molar-refractivity contribution in [1.82, 2.24) is 5.32 Å². The summed E-state index contributed by atoms with van der Waals surface area (Å²) in [6.45, 7) is 3.61. The molecular weight excluding hydrogens is 248 g/mol. The summed E-state index contributed by atoms with van der Waals surface area (Å²) < 4.78 is 32.8. The molecule has 1 aliphatic rings. The maximum Gasteiger partial charge on any atom is 0.128 e. The largest absolute Gasteiger partial charge is 0.378 e. The second-order valence-corrected chi connectivity index (χ2v) is 5.04. The van der Waals surface area contributed by atoms with Crippen LogP contribution in [0.2, 0.25) is 0 Å². The molecule has 1 aromatic rings. The number of benzene rings is 1. The van der Waals surface area contributed by atoms with Gasteiger partial charge in [-0.15, -0.1) is 0 Å². The Hall–Kier alpha value is -1.00. The molecule has 1 aromatic carbocycles. The number of rotatable bonds is 6. The Kier molecular flexibility index (Phi) is 5.28. The third-order valence-corrected chi connectivity index (χ3v) is 3.50. The molecule has 4 heteroatoms. The third kappa shape index (κ3) is 3.98. The van der Waals surface area contributed by atoms with Gasteiger partial charge in [0.2, 0.25) is 0 Å². The molecule has 1 aliphatic heterocycles. The van der Waals surface area contributed by atoms with Crippen LogP contribution in [0.5, 0.6) is 0 Å². The van der Waals surface area contributed by atoms with Gasteiger partial charge in [-0.25, -0.2) is 8.78 Å². The van der Waals surface area contributed by atoms with Gasteiger partial charge in [0, 0.05) is 18.2 Å². The van der Waals surface area contributed by atoms with Crippen molar-refractivity contribution < 1.29 is 13.5 Å². The summed E-state index contributed by atoms with van der Waals surface area (Å²) in [6.07, 6.45) is 3.86. The van der Waals surface area contributed by atoms with E-state index in [4.69, 9.17) is 4.74 Å². The summed E-state index contributed by atoms with van der Waals surface area (Å²) in [5.41, 5.74) is 0.406. The standard InChI is InChI=1S/C15H21F2NO/c1-2-7-18-15(10-12-4-3-8-19-12)13-9-11(16)5-6-14(13)17/h5-6,9,12,15,18H,2-4,7-8,10H2,1H3. The molecule has 0 radical (unpaired) electrons. The molecule has 106 valence electrons. The molecule has 1 N–H and O–H groups in total. The minimum Gasteiger partial charge on any atom is -0.378 e. The molecule has 1 fully saturated rings. The summed E-state index contributed by atoms with van der Waals surface area (Å²) in [7, 11) is 0. The Morgan fingerprint density at radius 3 is 2.95 bits per heavy atom. The van der Waals surface area contributed by atoms with E-state index < -0.39 is 5.82 Å². The van der Waals surface area contributed by atoms with Crippen LogP contribution >= 0.6 is 0 Å². The van der Waals surface area contributed by atoms with Crippen LogP contribution < -0.4 is 5.32 Å². The van der Waals surface area contributed by atoms with Crippen molar-refractivity contribution in [3.63, 3.8) is 0 Å². The fraction of sp³-hybridized carbons (Fsp3) is 0.600. The van der Waals surface area contributed by atoms with Crippen molar-refractivity contribution in [2.75, 3.05) is 13.2 Å². The van der Waals surface area contributed by atoms with E-state index in [9.17, 15) is 8.78 Å². The first-order valence-electron chi connectivity index (χ1n) is 7.00. The Balaban J connectivity index is 2.12. The average Bonchev–Trinajstić information content (AvgIpc) is 2.90. The zero-order chi connectivity index (χ0) is 13.7. The van der Waals surface area contributed by atoms with Crippen molar-refractivity contribution in [3.8, 4) is 0 Å². The summed E-state index contributed by atoms with van der Waals surface area (Å²) in [4.78, 5) is 0. The molecule has 0 saturated carbocycles. The predicted molar refractivity (Wildman–Crippen MR) is 71.0 cm³/mol. The van der Waals surface area contributed by atoms with Crippen LogP contribution in [0.4, 0.5) is 8.78 Å². The molecule has 0 aliphatic carbocycles. The van der Waals surface area contributed by atoms with E-state index in [1.165, 1.54) is 12.1 Å². The third-order valence-electron chi connectivity index (χ3n) is 3.50. The van der Waals surface area contributed by atoms with Crippen LogP contribution in [-0.4, -0.2) is 19.3 Å². The molecule has 2 atom stereocenters. The zero-order valence-corrected chi connectivity index (χ0v) is 11.3. The number of hydrogen-bond acceptors (Lipinski definition) is 2. The Labute approximate surface area is 113 Å². The van der Waals surface area contributed by atoms with E-state index in [1.54, 1.807) is 0 Å². The number of hydrogen-bond donors (Lipinski definition) is 1. The molecular formula is C15H21F2NO. The van der Waals surface area contributed by atoms with Crippen LogP contribution in [0.15, 0.2) is 18.2 Å². The van der Waals surface area contributed by atoms with Gasteiger partial charge in [0.25, 0.3) is 0 Å². The molecule has 0 bridgehead atoms. The van der Waals surface area contributed by atoms with Crippen molar-refractivity contribution in [3.05, 3.63) is 35.4 Å². The highest BCUT2D eigenvalue weighted by Crippen LogP contribution is 2.27. The first kappa shape index (κ1) is 14.4. The molecule has 1 saturated heterocycles. The minimum absolute atomic E-state index is 0.150. The van der Waals surface area contributed by atoms with Gasteiger partial charge in [0.05, 0.1) is 6.10 Å². The van der Waals surface area contributed by atoms with Crippen molar-refractivity contribution in [1.29, 1.82) is 0 Å². The van der Waals surface area contributed by atoms with E-state index in [-0.39, 0.29) is 18.0 Å². The molecule has 2 unspecified atom stereocenters. The molecule has 0 amide bonds. The van der Waals surface area contributed by atoms with E-state index in [2.05, 4.69) is 12.2 Å². The van der Waals surface area contributed by atoms with E-state index >= 15 is 0 Å². The number of nitrogens with one attached hydrogen (secondary N) is 1. The fourth-order valence-electron chi connectivity index (χ4n) is 2.51. The number of ether oxygens (including phenoxy) is 1. The average molecular weight is 269 g/mol. The monoisotopic (exact) mass is 269 g/mol. The quantitative estimate of drug-likeness (QED) is 0.852. The van der Waals surface area contributed by atoms with E-state index in [1.807, 2.05) is 0 Å². The highest BCUT2D eigenvalue weighted by atomic mass is 19.1. The van der Waals surface area contributed by atoms with Gasteiger partial charge in [0.15, 0.2) is 0 Å². The summed E-state index contributed by atoms with van der Waals surface area (Å²) in [5.74, 6) is -0.750. The Morgan fingerprint density at radius 1 is 1.42 bits per heavy atom. The molecule has 0 aromatic heterocycles. The zero-order valence-electron chi connectivity index (χ0n) is 11.3. The first-order chi connectivity index (χ1) is 9.20. The van der Waals surface area contributed by atoms with Gasteiger partial charge in [-0.3, -0.25) is 0 Å². The SMILES string of the molecule is CCCNC(CC1CCCO1)c1cc(F)ccc1F. The first-order valence-corrected chi connectivity index (χ1v) is 7.00. The Morgan fingerprint density at radius 2 is 2.26 bits per heavy atom. The van der Waals surface area contributed by atoms with E-state index in [0.29, 0.717) is 12.0 Å². The normalized spacial score (nSPS) is 20.7. The molecule has 19 heavy (non-hydrogen) atoms. The molecule has 2 rings (SSSR count). The van der Waals surface area contributed by atoms with Crippen LogP contribution in [0.3, 0.4) is 0 Å². The minimum atomic E-state index is -0.396. The lowest BCUT2D eigenvalue weighted by atomic mass is 9.98. The van der Waals surface area contributed by atoms with Gasteiger partial charge in [-0.1, -0.05) is 6.92 Å². The van der Waals surface area contributed by atoms with Crippen LogP contribution in [0.25, 0.3) is 0 Å². The van der Waals surface area contributed by atoms with Crippen LogP contribution in [-0.2, 0) is 4.74 Å². The van der Waals surface area contributed by atoms with Crippen molar-refractivity contribution in [2.24, 2.45) is 0 Å². The van der Waals surface area contributed by atoms with Gasteiger partial charge in [0.1, 0.15) is 11.6 Å². The van der Waals surface area contributed by atoms with Gasteiger partial charge < -0.3 is 10.1 Å². The molecule has 1 heterocycles. The summed E-state index contributed by atoms with van der Waals surface area (Å²) >= 11 is 0. The van der Waals surface area contributed by atoms with E-state index in [0.717, 1.165) is 38.5 Å². The van der Waals surface area contributed by atoms with Gasteiger partial charge >= 0.3 is 0 Å². The molecule has 0 spiro atoms. The highest BCUT2D eigenvalue weighted by molar-refractivity contribution is 5.22. The lowest BCUT2D eigenvalue weighted by Crippen LogP contribution is -2.27. The fourth-order valence-corrected chi connectivity index (χ4v) is 2.51. The second-order valence-electron chi connectivity index (χ2n) is 5.04.